The normalized spacial score (nSPS) is 31.9. The lowest BCUT2D eigenvalue weighted by Gasteiger charge is -2.47. The number of hydrogen-bond acceptors (Lipinski definition) is 3. The van der Waals surface area contributed by atoms with E-state index < -0.39 is 6.23 Å². The Labute approximate surface area is 147 Å². The van der Waals surface area contributed by atoms with Crippen molar-refractivity contribution in [3.8, 4) is 0 Å². The van der Waals surface area contributed by atoms with E-state index in [0.717, 1.165) is 0 Å². The van der Waals surface area contributed by atoms with Crippen LogP contribution in [-0.4, -0.2) is 28.3 Å². The molecule has 1 fully saturated rings. The van der Waals surface area contributed by atoms with E-state index in [9.17, 15) is 9.90 Å². The van der Waals surface area contributed by atoms with E-state index in [-0.39, 0.29) is 35.6 Å². The summed E-state index contributed by atoms with van der Waals surface area (Å²) in [6.07, 6.45) is -0.797. The third-order valence-electron chi connectivity index (χ3n) is 6.02. The molecule has 25 heavy (non-hydrogen) atoms. The second kappa shape index (κ2) is 5.16. The van der Waals surface area contributed by atoms with Crippen LogP contribution in [0.1, 0.15) is 47.9 Å². The highest BCUT2D eigenvalue weighted by molar-refractivity contribution is 5.85. The summed E-state index contributed by atoms with van der Waals surface area (Å²) in [5, 5.41) is 12.5. The van der Waals surface area contributed by atoms with Gasteiger partial charge in [-0.15, -0.1) is 0 Å². The number of rotatable bonds is 2. The average Bonchev–Trinajstić information content (AvgIpc) is 2.87. The van der Waals surface area contributed by atoms with Crippen molar-refractivity contribution in [1.29, 1.82) is 0 Å². The van der Waals surface area contributed by atoms with Crippen molar-refractivity contribution in [3.63, 3.8) is 0 Å². The molecule has 4 nitrogen and oxygen atoms in total. The summed E-state index contributed by atoms with van der Waals surface area (Å²) < 4.78 is 0. The highest BCUT2D eigenvalue weighted by Gasteiger charge is 2.61. The lowest BCUT2D eigenvalue weighted by molar-refractivity contribution is -0.141. The van der Waals surface area contributed by atoms with Crippen molar-refractivity contribution in [3.05, 3.63) is 70.8 Å². The molecule has 2 aromatic rings. The number of hydrogen-bond donors (Lipinski definition) is 2. The molecule has 4 heteroatoms. The van der Waals surface area contributed by atoms with E-state index in [1.165, 1.54) is 27.3 Å². The molecule has 1 heterocycles. The molecule has 0 radical (unpaired) electrons. The highest BCUT2D eigenvalue weighted by Crippen LogP contribution is 2.61. The van der Waals surface area contributed by atoms with Gasteiger partial charge in [-0.2, -0.15) is 0 Å². The molecule has 0 spiro atoms. The number of aliphatic hydroxyl groups excluding tert-OH is 1. The zero-order chi connectivity index (χ0) is 17.3. The molecule has 3 aliphatic carbocycles. The topological polar surface area (TPSA) is 52.6 Å². The van der Waals surface area contributed by atoms with Gasteiger partial charge in [-0.3, -0.25) is 4.79 Å². The minimum atomic E-state index is -0.797. The van der Waals surface area contributed by atoms with Gasteiger partial charge in [0.1, 0.15) is 6.23 Å². The Bertz CT molecular complexity index is 815. The van der Waals surface area contributed by atoms with Gasteiger partial charge in [-0.25, -0.2) is 10.4 Å². The fraction of sp³-hybridized carbons (Fsp3) is 0.381. The Morgan fingerprint density at radius 3 is 1.88 bits per heavy atom. The van der Waals surface area contributed by atoms with Crippen molar-refractivity contribution in [2.45, 2.75) is 38.0 Å². The molecule has 2 aromatic carbocycles. The predicted molar refractivity (Wildman–Crippen MR) is 94.7 cm³/mol. The van der Waals surface area contributed by atoms with Gasteiger partial charge in [0.15, 0.2) is 0 Å². The van der Waals surface area contributed by atoms with Crippen molar-refractivity contribution in [2.24, 2.45) is 11.8 Å². The minimum absolute atomic E-state index is 0.0187. The van der Waals surface area contributed by atoms with Crippen molar-refractivity contribution >= 4 is 5.91 Å². The van der Waals surface area contributed by atoms with Gasteiger partial charge in [0.2, 0.25) is 5.91 Å². The first-order chi connectivity index (χ1) is 12.1. The highest BCUT2D eigenvalue weighted by atomic mass is 16.3. The number of nitrogens with one attached hydrogen (secondary N) is 1. The van der Waals surface area contributed by atoms with Crippen LogP contribution in [0, 0.1) is 11.8 Å². The first-order valence-corrected chi connectivity index (χ1v) is 9.04. The van der Waals surface area contributed by atoms with Gasteiger partial charge < -0.3 is 5.11 Å². The van der Waals surface area contributed by atoms with E-state index in [1.54, 1.807) is 0 Å². The van der Waals surface area contributed by atoms with Gasteiger partial charge in [-0.1, -0.05) is 48.5 Å². The van der Waals surface area contributed by atoms with Crippen molar-refractivity contribution in [1.82, 2.24) is 10.4 Å². The van der Waals surface area contributed by atoms with E-state index >= 15 is 0 Å². The largest absolute Gasteiger partial charge is 0.372 e. The van der Waals surface area contributed by atoms with Crippen LogP contribution >= 0.6 is 0 Å². The van der Waals surface area contributed by atoms with Crippen LogP contribution in [0.5, 0.6) is 0 Å². The van der Waals surface area contributed by atoms with Crippen molar-refractivity contribution < 1.29 is 9.90 Å². The van der Waals surface area contributed by atoms with E-state index in [0.29, 0.717) is 0 Å². The standard InChI is InChI=1S/C21H22N2O2/c1-11(2)22-23-20(24)18-16-12-7-3-4-8-13(12)17(19(18)21(23)25)15-10-6-5-9-14(15)16/h3-11,16-20,22,24H,1-2H3/t16?,17?,18-,19+,20+/m0/s1. The molecule has 4 aliphatic rings. The Morgan fingerprint density at radius 2 is 1.40 bits per heavy atom. The van der Waals surface area contributed by atoms with Crippen LogP contribution < -0.4 is 5.43 Å². The van der Waals surface area contributed by atoms with Gasteiger partial charge >= 0.3 is 0 Å². The maximum Gasteiger partial charge on any atom is 0.243 e. The minimum Gasteiger partial charge on any atom is -0.372 e. The first-order valence-electron chi connectivity index (χ1n) is 9.04. The number of amides is 1. The molecule has 1 aliphatic heterocycles. The van der Waals surface area contributed by atoms with Crippen LogP contribution in [0.4, 0.5) is 0 Å². The summed E-state index contributed by atoms with van der Waals surface area (Å²) >= 11 is 0. The molecule has 128 valence electrons. The molecule has 2 bridgehead atoms. The van der Waals surface area contributed by atoms with E-state index in [1.807, 2.05) is 13.8 Å². The average molecular weight is 334 g/mol. The molecule has 6 rings (SSSR count). The molecule has 0 aromatic heterocycles. The maximum absolute atomic E-state index is 13.2. The second-order valence-electron chi connectivity index (χ2n) is 7.72. The Morgan fingerprint density at radius 1 is 0.920 bits per heavy atom. The molecule has 1 saturated heterocycles. The van der Waals surface area contributed by atoms with Crippen LogP contribution in [0.15, 0.2) is 48.5 Å². The zero-order valence-corrected chi connectivity index (χ0v) is 14.4. The molecule has 0 saturated carbocycles. The Balaban J connectivity index is 1.72. The second-order valence-corrected chi connectivity index (χ2v) is 7.72. The third-order valence-corrected chi connectivity index (χ3v) is 6.02. The Kier molecular flexibility index (Phi) is 3.12. The van der Waals surface area contributed by atoms with Gasteiger partial charge in [0, 0.05) is 23.8 Å². The van der Waals surface area contributed by atoms with E-state index in [2.05, 4.69) is 54.0 Å². The summed E-state index contributed by atoms with van der Waals surface area (Å²) in [6, 6.07) is 16.9. The lowest BCUT2D eigenvalue weighted by Crippen LogP contribution is -2.49. The number of benzene rings is 2. The molecule has 3 atom stereocenters. The number of aliphatic hydroxyl groups is 1. The van der Waals surface area contributed by atoms with Gasteiger partial charge in [0.25, 0.3) is 0 Å². The molecule has 0 unspecified atom stereocenters. The van der Waals surface area contributed by atoms with Crippen LogP contribution in [-0.2, 0) is 4.79 Å². The smallest absolute Gasteiger partial charge is 0.243 e. The fourth-order valence-electron chi connectivity index (χ4n) is 5.27. The monoisotopic (exact) mass is 334 g/mol. The number of hydrazine groups is 1. The number of carbonyl (C=O) groups is 1. The third kappa shape index (κ3) is 1.87. The maximum atomic E-state index is 13.2. The summed E-state index contributed by atoms with van der Waals surface area (Å²) in [4.78, 5) is 13.2. The van der Waals surface area contributed by atoms with Gasteiger partial charge in [-0.05, 0) is 36.1 Å². The van der Waals surface area contributed by atoms with Crippen molar-refractivity contribution in [2.75, 3.05) is 0 Å². The van der Waals surface area contributed by atoms with E-state index in [4.69, 9.17) is 0 Å². The number of nitrogens with zero attached hydrogens (tertiary/aromatic N) is 1. The zero-order valence-electron chi connectivity index (χ0n) is 14.4. The summed E-state index contributed by atoms with van der Waals surface area (Å²) in [7, 11) is 0. The molecule has 1 amide bonds. The molecule has 2 N–H and O–H groups in total. The first kappa shape index (κ1) is 15.1. The van der Waals surface area contributed by atoms with Gasteiger partial charge in [0.05, 0.1) is 5.92 Å². The number of carbonyl (C=O) groups excluding carboxylic acids is 1. The van der Waals surface area contributed by atoms with Crippen LogP contribution in [0.2, 0.25) is 0 Å². The van der Waals surface area contributed by atoms with Crippen LogP contribution in [0.3, 0.4) is 0 Å². The summed E-state index contributed by atoms with van der Waals surface area (Å²) in [5.41, 5.74) is 8.19. The fourth-order valence-corrected chi connectivity index (χ4v) is 5.27. The summed E-state index contributed by atoms with van der Waals surface area (Å²) in [6.45, 7) is 3.97. The molecular formula is C21H22N2O2. The van der Waals surface area contributed by atoms with Crippen LogP contribution in [0.25, 0.3) is 0 Å². The molecular weight excluding hydrogens is 312 g/mol. The quantitative estimate of drug-likeness (QED) is 0.887. The SMILES string of the molecule is CC(C)NN1C(=O)[C@@H]2C3c4ccccc4C(c4ccccc43)[C@@H]2[C@H]1O. The lowest BCUT2D eigenvalue weighted by atomic mass is 9.55. The summed E-state index contributed by atoms with van der Waals surface area (Å²) in [5.74, 6) is -0.182. The Hall–Kier alpha value is -2.17. The predicted octanol–water partition coefficient (Wildman–Crippen LogP) is 2.58.